The lowest BCUT2D eigenvalue weighted by atomic mass is 9.95. The maximum absolute atomic E-state index is 11.4. The van der Waals surface area contributed by atoms with Crippen molar-refractivity contribution in [2.45, 2.75) is 37.6 Å². The molecule has 1 aromatic heterocycles. The molecule has 0 radical (unpaired) electrons. The highest BCUT2D eigenvalue weighted by atomic mass is 35.5. The fourth-order valence-corrected chi connectivity index (χ4v) is 3.34. The second-order valence-electron chi connectivity index (χ2n) is 5.35. The lowest BCUT2D eigenvalue weighted by Gasteiger charge is -2.16. The minimum Gasteiger partial charge on any atom is -0.323 e. The van der Waals surface area contributed by atoms with E-state index in [0.29, 0.717) is 10.9 Å². The zero-order valence-electron chi connectivity index (χ0n) is 11.2. The molecule has 1 fully saturated rings. The van der Waals surface area contributed by atoms with Crippen LogP contribution in [0.2, 0.25) is 5.02 Å². The first-order valence-electron chi connectivity index (χ1n) is 7.01. The first-order chi connectivity index (χ1) is 9.79. The van der Waals surface area contributed by atoms with E-state index in [-0.39, 0.29) is 0 Å². The first kappa shape index (κ1) is 13.4. The molecule has 0 spiro atoms. The molecule has 0 bridgehead atoms. The average molecular weight is 289 g/mol. The van der Waals surface area contributed by atoms with Gasteiger partial charge in [0.1, 0.15) is 12.3 Å². The van der Waals surface area contributed by atoms with Crippen molar-refractivity contribution < 1.29 is 4.79 Å². The number of carbonyl (C=O) groups is 1. The highest BCUT2D eigenvalue weighted by Crippen LogP contribution is 2.36. The van der Waals surface area contributed by atoms with Crippen molar-refractivity contribution in [1.29, 1.82) is 0 Å². The Morgan fingerprint density at radius 3 is 2.75 bits per heavy atom. The fraction of sp³-hybridized carbons (Fsp3) is 0.375. The number of benzene rings is 1. The van der Waals surface area contributed by atoms with Crippen LogP contribution in [0.5, 0.6) is 0 Å². The van der Waals surface area contributed by atoms with Gasteiger partial charge in [0.05, 0.1) is 6.33 Å². The number of imidazole rings is 1. The summed E-state index contributed by atoms with van der Waals surface area (Å²) in [5, 5.41) is 0.667. The van der Waals surface area contributed by atoms with Crippen LogP contribution in [0.4, 0.5) is 0 Å². The van der Waals surface area contributed by atoms with Crippen LogP contribution in [0, 0.1) is 0 Å². The molecule has 2 aromatic rings. The number of aldehydes is 1. The van der Waals surface area contributed by atoms with E-state index in [1.54, 1.807) is 23.3 Å². The van der Waals surface area contributed by atoms with Gasteiger partial charge >= 0.3 is 0 Å². The Kier molecular flexibility index (Phi) is 3.88. The van der Waals surface area contributed by atoms with Crippen molar-refractivity contribution in [3.63, 3.8) is 0 Å². The molecular weight excluding hydrogens is 272 g/mol. The van der Waals surface area contributed by atoms with Crippen LogP contribution in [0.3, 0.4) is 0 Å². The van der Waals surface area contributed by atoms with E-state index in [9.17, 15) is 4.79 Å². The quantitative estimate of drug-likeness (QED) is 0.798. The minimum atomic E-state index is -0.400. The lowest BCUT2D eigenvalue weighted by molar-refractivity contribution is -0.109. The molecule has 1 saturated carbocycles. The molecule has 1 unspecified atom stereocenters. The molecule has 20 heavy (non-hydrogen) atoms. The van der Waals surface area contributed by atoms with Crippen LogP contribution in [0.1, 0.15) is 48.8 Å². The third kappa shape index (κ3) is 2.50. The topological polar surface area (TPSA) is 34.9 Å². The second kappa shape index (κ2) is 5.80. The van der Waals surface area contributed by atoms with Gasteiger partial charge in [-0.2, -0.15) is 0 Å². The summed E-state index contributed by atoms with van der Waals surface area (Å²) in [6.45, 7) is 0. The Labute approximate surface area is 123 Å². The number of hydrogen-bond donors (Lipinski definition) is 0. The standard InChI is InChI=1S/C16H17ClN2O/c17-15-9-13(12-3-1-2-4-12)5-6-14(15)16(10-20)19-8-7-18-11-19/h5-12,16H,1-4H2. The summed E-state index contributed by atoms with van der Waals surface area (Å²) >= 11 is 6.41. The number of nitrogens with zero attached hydrogens (tertiary/aromatic N) is 2. The van der Waals surface area contributed by atoms with Gasteiger partial charge < -0.3 is 9.36 Å². The highest BCUT2D eigenvalue weighted by Gasteiger charge is 2.20. The SMILES string of the molecule is O=CC(c1ccc(C2CCCC2)cc1Cl)n1ccnc1. The molecule has 4 heteroatoms. The van der Waals surface area contributed by atoms with Crippen LogP contribution in [-0.4, -0.2) is 15.8 Å². The molecule has 0 N–H and O–H groups in total. The summed E-state index contributed by atoms with van der Waals surface area (Å²) in [5.74, 6) is 0.629. The van der Waals surface area contributed by atoms with Crippen molar-refractivity contribution in [3.8, 4) is 0 Å². The van der Waals surface area contributed by atoms with Gasteiger partial charge in [0.15, 0.2) is 0 Å². The summed E-state index contributed by atoms with van der Waals surface area (Å²) in [6.07, 6.45) is 11.1. The van der Waals surface area contributed by atoms with E-state index in [1.807, 2.05) is 12.1 Å². The molecule has 1 aliphatic carbocycles. The Balaban J connectivity index is 1.91. The highest BCUT2D eigenvalue weighted by molar-refractivity contribution is 6.31. The van der Waals surface area contributed by atoms with Gasteiger partial charge in [-0.1, -0.05) is 36.6 Å². The third-order valence-corrected chi connectivity index (χ3v) is 4.47. The molecule has 0 amide bonds. The Morgan fingerprint density at radius 1 is 1.35 bits per heavy atom. The molecule has 0 aliphatic heterocycles. The number of hydrogen-bond acceptors (Lipinski definition) is 2. The van der Waals surface area contributed by atoms with Gasteiger partial charge in [0, 0.05) is 23.0 Å². The number of aromatic nitrogens is 2. The van der Waals surface area contributed by atoms with Crippen molar-refractivity contribution >= 4 is 17.9 Å². The number of carbonyl (C=O) groups excluding carboxylic acids is 1. The van der Waals surface area contributed by atoms with Crippen LogP contribution in [0.25, 0.3) is 0 Å². The van der Waals surface area contributed by atoms with E-state index in [2.05, 4.69) is 11.1 Å². The van der Waals surface area contributed by atoms with Crippen molar-refractivity contribution in [2.24, 2.45) is 0 Å². The molecule has 1 heterocycles. The molecule has 1 aromatic carbocycles. The fourth-order valence-electron chi connectivity index (χ4n) is 3.03. The molecule has 0 saturated heterocycles. The maximum Gasteiger partial charge on any atom is 0.147 e. The summed E-state index contributed by atoms with van der Waals surface area (Å²) in [6, 6.07) is 5.72. The predicted molar refractivity (Wildman–Crippen MR) is 79.1 cm³/mol. The van der Waals surface area contributed by atoms with Crippen molar-refractivity contribution in [3.05, 3.63) is 53.1 Å². The molecule has 1 atom stereocenters. The Hall–Kier alpha value is -1.61. The number of halogens is 1. The van der Waals surface area contributed by atoms with E-state index < -0.39 is 6.04 Å². The van der Waals surface area contributed by atoms with Gasteiger partial charge in [-0.3, -0.25) is 0 Å². The average Bonchev–Trinajstić information content (AvgIpc) is 3.14. The van der Waals surface area contributed by atoms with Gasteiger partial charge in [-0.05, 0) is 30.4 Å². The first-order valence-corrected chi connectivity index (χ1v) is 7.39. The van der Waals surface area contributed by atoms with Crippen LogP contribution >= 0.6 is 11.6 Å². The minimum absolute atomic E-state index is 0.400. The summed E-state index contributed by atoms with van der Waals surface area (Å²) in [5.41, 5.74) is 2.13. The second-order valence-corrected chi connectivity index (χ2v) is 5.76. The van der Waals surface area contributed by atoms with Gasteiger partial charge in [0.25, 0.3) is 0 Å². The van der Waals surface area contributed by atoms with Crippen LogP contribution in [0.15, 0.2) is 36.9 Å². The van der Waals surface area contributed by atoms with Crippen molar-refractivity contribution in [2.75, 3.05) is 0 Å². The predicted octanol–water partition coefficient (Wildman–Crippen LogP) is 3.98. The summed E-state index contributed by atoms with van der Waals surface area (Å²) < 4.78 is 1.77. The Bertz CT molecular complexity index is 589. The molecule has 3 nitrogen and oxygen atoms in total. The van der Waals surface area contributed by atoms with Crippen LogP contribution < -0.4 is 0 Å². The molecule has 3 rings (SSSR count). The van der Waals surface area contributed by atoms with E-state index in [1.165, 1.54) is 31.2 Å². The van der Waals surface area contributed by atoms with Crippen LogP contribution in [-0.2, 0) is 4.79 Å². The molecule has 104 valence electrons. The zero-order chi connectivity index (χ0) is 13.9. The molecular formula is C16H17ClN2O. The Morgan fingerprint density at radius 2 is 2.15 bits per heavy atom. The summed E-state index contributed by atoms with van der Waals surface area (Å²) in [4.78, 5) is 15.4. The summed E-state index contributed by atoms with van der Waals surface area (Å²) in [7, 11) is 0. The van der Waals surface area contributed by atoms with E-state index >= 15 is 0 Å². The monoisotopic (exact) mass is 288 g/mol. The van der Waals surface area contributed by atoms with Gasteiger partial charge in [0.2, 0.25) is 0 Å². The third-order valence-electron chi connectivity index (χ3n) is 4.14. The zero-order valence-corrected chi connectivity index (χ0v) is 12.0. The lowest BCUT2D eigenvalue weighted by Crippen LogP contribution is -2.11. The van der Waals surface area contributed by atoms with E-state index in [0.717, 1.165) is 11.8 Å². The van der Waals surface area contributed by atoms with E-state index in [4.69, 9.17) is 11.6 Å². The smallest absolute Gasteiger partial charge is 0.147 e. The van der Waals surface area contributed by atoms with Gasteiger partial charge in [-0.15, -0.1) is 0 Å². The molecule has 1 aliphatic rings. The maximum atomic E-state index is 11.4. The normalized spacial score (nSPS) is 17.2. The number of rotatable bonds is 4. The largest absolute Gasteiger partial charge is 0.323 e. The van der Waals surface area contributed by atoms with Crippen molar-refractivity contribution in [1.82, 2.24) is 9.55 Å². The van der Waals surface area contributed by atoms with Gasteiger partial charge in [-0.25, -0.2) is 4.98 Å².